The van der Waals surface area contributed by atoms with Gasteiger partial charge in [0.25, 0.3) is 5.91 Å². The van der Waals surface area contributed by atoms with Crippen LogP contribution in [0.5, 0.6) is 0 Å². The summed E-state index contributed by atoms with van der Waals surface area (Å²) >= 11 is 31.3. The number of benzene rings is 3. The van der Waals surface area contributed by atoms with Crippen LogP contribution in [0.3, 0.4) is 0 Å². The van der Waals surface area contributed by atoms with Crippen molar-refractivity contribution in [3.8, 4) is 6.07 Å². The largest absolute Gasteiger partial charge is 0.326 e. The fourth-order valence-electron chi connectivity index (χ4n) is 3.88. The van der Waals surface area contributed by atoms with E-state index in [1.807, 2.05) is 6.07 Å². The molecule has 0 aromatic heterocycles. The third kappa shape index (κ3) is 5.38. The summed E-state index contributed by atoms with van der Waals surface area (Å²) < 4.78 is -1.34. The minimum Gasteiger partial charge on any atom is -0.326 e. The van der Waals surface area contributed by atoms with Crippen LogP contribution in [-0.2, 0) is 4.79 Å². The van der Waals surface area contributed by atoms with Crippen LogP contribution in [0.4, 0.5) is 11.4 Å². The van der Waals surface area contributed by atoms with Crippen molar-refractivity contribution < 1.29 is 9.59 Å². The number of alkyl halides is 2. The molecule has 1 saturated carbocycles. The number of halogens is 5. The van der Waals surface area contributed by atoms with Crippen LogP contribution in [0.25, 0.3) is 0 Å². The molecule has 3 aromatic rings. The molecule has 2 N–H and O–H groups in total. The SMILES string of the molecule is Cc1cc(C#N)ccc1NC(=O)c1cc(NC(=O)C2C(c3cc(Cl)cc(Cl)c3)C2(Cl)Cl)ccc1Cl. The average Bonchev–Trinajstić information content (AvgIpc) is 3.37. The first kappa shape index (κ1) is 25.6. The molecule has 0 bridgehead atoms. The molecule has 3 aromatic carbocycles. The minimum absolute atomic E-state index is 0.158. The second-order valence-corrected chi connectivity index (χ2v) is 10.8. The molecular weight excluding hydrogens is 552 g/mol. The molecule has 178 valence electrons. The Morgan fingerprint density at radius 3 is 2.26 bits per heavy atom. The van der Waals surface area contributed by atoms with E-state index in [0.717, 1.165) is 5.56 Å². The number of anilines is 2. The van der Waals surface area contributed by atoms with Crippen molar-refractivity contribution in [2.45, 2.75) is 17.2 Å². The summed E-state index contributed by atoms with van der Waals surface area (Å²) in [6.07, 6.45) is 0. The van der Waals surface area contributed by atoms with E-state index in [-0.39, 0.29) is 10.6 Å². The van der Waals surface area contributed by atoms with E-state index in [9.17, 15) is 9.59 Å². The number of nitriles is 1. The highest BCUT2D eigenvalue weighted by molar-refractivity contribution is 6.53. The topological polar surface area (TPSA) is 82.0 Å². The number of amides is 2. The maximum Gasteiger partial charge on any atom is 0.257 e. The Morgan fingerprint density at radius 1 is 0.943 bits per heavy atom. The zero-order valence-electron chi connectivity index (χ0n) is 18.0. The summed E-state index contributed by atoms with van der Waals surface area (Å²) in [5, 5.41) is 15.6. The van der Waals surface area contributed by atoms with Crippen LogP contribution in [-0.4, -0.2) is 16.1 Å². The van der Waals surface area contributed by atoms with E-state index >= 15 is 0 Å². The number of hydrogen-bond donors (Lipinski definition) is 2. The molecule has 0 aliphatic heterocycles. The van der Waals surface area contributed by atoms with Crippen LogP contribution in [0.2, 0.25) is 15.1 Å². The van der Waals surface area contributed by atoms with Gasteiger partial charge >= 0.3 is 0 Å². The van der Waals surface area contributed by atoms with Crippen molar-refractivity contribution in [2.24, 2.45) is 5.92 Å². The summed E-state index contributed by atoms with van der Waals surface area (Å²) in [5.74, 6) is -2.15. The molecule has 1 aliphatic rings. The number of hydrogen-bond acceptors (Lipinski definition) is 3. The van der Waals surface area contributed by atoms with Gasteiger partial charge in [-0.2, -0.15) is 5.26 Å². The van der Waals surface area contributed by atoms with Gasteiger partial charge in [0.15, 0.2) is 0 Å². The lowest BCUT2D eigenvalue weighted by Crippen LogP contribution is -2.18. The highest BCUT2D eigenvalue weighted by Gasteiger charge is 2.67. The van der Waals surface area contributed by atoms with E-state index in [0.29, 0.717) is 32.5 Å². The van der Waals surface area contributed by atoms with E-state index < -0.39 is 28.0 Å². The highest BCUT2D eigenvalue weighted by atomic mass is 35.5. The summed E-state index contributed by atoms with van der Waals surface area (Å²) in [6.45, 7) is 1.78. The molecule has 1 aliphatic carbocycles. The molecule has 1 fully saturated rings. The second kappa shape index (κ2) is 9.89. The van der Waals surface area contributed by atoms with Crippen molar-refractivity contribution in [3.63, 3.8) is 0 Å². The van der Waals surface area contributed by atoms with Gasteiger partial charge in [-0.1, -0.05) is 34.8 Å². The molecular formula is C25H16Cl5N3O2. The van der Waals surface area contributed by atoms with Gasteiger partial charge in [-0.05, 0) is 72.6 Å². The number of nitrogens with zero attached hydrogens (tertiary/aromatic N) is 1. The maximum absolute atomic E-state index is 13.0. The number of aryl methyl sites for hydroxylation is 1. The molecule has 0 radical (unpaired) electrons. The van der Waals surface area contributed by atoms with Gasteiger partial charge in [0, 0.05) is 27.3 Å². The van der Waals surface area contributed by atoms with E-state index in [2.05, 4.69) is 10.6 Å². The Kier molecular flexibility index (Phi) is 7.24. The Labute approximate surface area is 226 Å². The first-order valence-electron chi connectivity index (χ1n) is 10.3. The molecule has 0 spiro atoms. The lowest BCUT2D eigenvalue weighted by molar-refractivity contribution is -0.117. The normalized spacial score (nSPS) is 17.9. The van der Waals surface area contributed by atoms with Crippen LogP contribution < -0.4 is 10.6 Å². The zero-order valence-corrected chi connectivity index (χ0v) is 21.8. The number of carbonyl (C=O) groups excluding carboxylic acids is 2. The van der Waals surface area contributed by atoms with Crippen LogP contribution in [0.15, 0.2) is 54.6 Å². The van der Waals surface area contributed by atoms with Gasteiger partial charge < -0.3 is 10.6 Å². The summed E-state index contributed by atoms with van der Waals surface area (Å²) in [5.41, 5.74) is 2.90. The Morgan fingerprint density at radius 2 is 1.63 bits per heavy atom. The van der Waals surface area contributed by atoms with E-state index in [1.54, 1.807) is 49.4 Å². The second-order valence-electron chi connectivity index (χ2n) is 8.11. The predicted octanol–water partition coefficient (Wildman–Crippen LogP) is 7.61. The number of carbonyl (C=O) groups is 2. The van der Waals surface area contributed by atoms with Gasteiger partial charge in [-0.25, -0.2) is 0 Å². The van der Waals surface area contributed by atoms with Crippen LogP contribution in [0, 0.1) is 24.2 Å². The number of rotatable bonds is 5. The molecule has 5 nitrogen and oxygen atoms in total. The molecule has 10 heteroatoms. The van der Waals surface area contributed by atoms with Crippen molar-refractivity contribution in [3.05, 3.63) is 91.9 Å². The lowest BCUT2D eigenvalue weighted by Gasteiger charge is -2.12. The quantitative estimate of drug-likeness (QED) is 0.312. The van der Waals surface area contributed by atoms with Crippen molar-refractivity contribution in [1.29, 1.82) is 5.26 Å². The van der Waals surface area contributed by atoms with Gasteiger partial charge in [-0.15, -0.1) is 23.2 Å². The molecule has 2 amide bonds. The monoisotopic (exact) mass is 565 g/mol. The summed E-state index contributed by atoms with van der Waals surface area (Å²) in [4.78, 5) is 25.9. The van der Waals surface area contributed by atoms with Gasteiger partial charge in [-0.3, -0.25) is 9.59 Å². The zero-order chi connectivity index (χ0) is 25.5. The van der Waals surface area contributed by atoms with Gasteiger partial charge in [0.2, 0.25) is 5.91 Å². The lowest BCUT2D eigenvalue weighted by atomic mass is 10.1. The molecule has 2 unspecified atom stereocenters. The van der Waals surface area contributed by atoms with Crippen molar-refractivity contribution in [2.75, 3.05) is 10.6 Å². The maximum atomic E-state index is 13.0. The molecule has 2 atom stereocenters. The van der Waals surface area contributed by atoms with E-state index in [1.165, 1.54) is 12.1 Å². The summed E-state index contributed by atoms with van der Waals surface area (Å²) in [7, 11) is 0. The fraction of sp³-hybridized carbons (Fsp3) is 0.160. The smallest absolute Gasteiger partial charge is 0.257 e. The molecule has 35 heavy (non-hydrogen) atoms. The number of nitrogens with one attached hydrogen (secondary N) is 2. The van der Waals surface area contributed by atoms with Crippen molar-refractivity contribution >= 4 is 81.2 Å². The predicted molar refractivity (Wildman–Crippen MR) is 141 cm³/mol. The van der Waals surface area contributed by atoms with E-state index in [4.69, 9.17) is 63.3 Å². The van der Waals surface area contributed by atoms with Gasteiger partial charge in [0.05, 0.1) is 28.1 Å². The molecule has 0 saturated heterocycles. The Bertz CT molecular complexity index is 1380. The standard InChI is InChI=1S/C25H16Cl5N3O2/c1-12-6-13(11-31)2-5-20(12)33-23(34)18-10-17(3-4-19(18)28)32-24(35)22-21(25(22,29)30)14-7-15(26)9-16(27)8-14/h2-10,21-22H,1H3,(H,32,35)(H,33,34). The Balaban J connectivity index is 1.51. The van der Waals surface area contributed by atoms with Crippen molar-refractivity contribution in [1.82, 2.24) is 0 Å². The van der Waals surface area contributed by atoms with Crippen LogP contribution >= 0.6 is 58.0 Å². The fourth-order valence-corrected chi connectivity index (χ4v) is 5.46. The highest BCUT2D eigenvalue weighted by Crippen LogP contribution is 2.65. The summed E-state index contributed by atoms with van der Waals surface area (Å²) in [6, 6.07) is 16.4. The molecule has 0 heterocycles. The molecule has 4 rings (SSSR count). The third-order valence-electron chi connectivity index (χ3n) is 5.66. The first-order valence-corrected chi connectivity index (χ1v) is 12.2. The Hall–Kier alpha value is -2.46. The van der Waals surface area contributed by atoms with Crippen LogP contribution in [0.1, 0.15) is 33.0 Å². The van der Waals surface area contributed by atoms with Gasteiger partial charge in [0.1, 0.15) is 4.33 Å². The first-order chi connectivity index (χ1) is 16.5. The minimum atomic E-state index is -1.34. The third-order valence-corrected chi connectivity index (χ3v) is 7.37. The average molecular weight is 568 g/mol.